The van der Waals surface area contributed by atoms with Gasteiger partial charge in [0, 0.05) is 118 Å². The molecule has 3 aliphatic rings. The van der Waals surface area contributed by atoms with Gasteiger partial charge in [-0.1, -0.05) is 135 Å². The van der Waals surface area contributed by atoms with E-state index < -0.39 is 67.4 Å². The largest absolute Gasteiger partial charge is 2.00 e. The zero-order valence-electron chi connectivity index (χ0n) is 58.1. The van der Waals surface area contributed by atoms with Crippen LogP contribution in [0.4, 0.5) is 13.2 Å². The second-order valence-corrected chi connectivity index (χ2v) is 24.7. The number of esters is 1. The minimum absolute atomic E-state index is 0. The van der Waals surface area contributed by atoms with Crippen molar-refractivity contribution in [2.45, 2.75) is 153 Å². The zero-order valence-corrected chi connectivity index (χ0v) is 66.1. The molecule has 0 radical (unpaired) electrons. The normalized spacial score (nSPS) is 14.5. The molecule has 0 saturated heterocycles. The van der Waals surface area contributed by atoms with Crippen LogP contribution in [0.2, 0.25) is 0 Å². The molecule has 6 atom stereocenters. The van der Waals surface area contributed by atoms with E-state index in [0.717, 1.165) is 138 Å². The van der Waals surface area contributed by atoms with E-state index in [0.29, 0.717) is 17.8 Å². The molecule has 3 saturated carbocycles. The van der Waals surface area contributed by atoms with Crippen molar-refractivity contribution in [2.24, 2.45) is 0 Å². The Morgan fingerprint density at radius 3 is 0.952 bits per heavy atom. The summed E-state index contributed by atoms with van der Waals surface area (Å²) in [4.78, 5) is 47.5. The Morgan fingerprint density at radius 2 is 0.714 bits per heavy atom. The fourth-order valence-electron chi connectivity index (χ4n) is 11.8. The first kappa shape index (κ1) is 95.8. The van der Waals surface area contributed by atoms with Crippen molar-refractivity contribution in [3.05, 3.63) is 215 Å². The van der Waals surface area contributed by atoms with Crippen molar-refractivity contribution < 1.29 is 138 Å². The first-order valence-electron chi connectivity index (χ1n) is 33.1. The SMILES string of the molecule is C.CCO.CCOC(=O)C[C@H](O)C[C@H](O)/C=C/c1c(C2CC2)nc2ccccc2c1-c1ccc(F)cc1.O.O=C([O-])C[C@H](O)C[C@H](O)/C=C/c1c(C2CC2)nc2ccccc2c1-c1ccc(F)cc1.O=C([O-])C[C@H](O)C[C@H](O)/C=C/c1c(C2CC2)nc2ccccc2c1-c1ccc(F)cc1.[Ca+2].[Ca+2].[Cl-].[Cl-].[Na+]. The molecule has 0 bridgehead atoms. The van der Waals surface area contributed by atoms with E-state index in [9.17, 15) is 68.4 Å². The molecule has 25 heteroatoms. The fourth-order valence-corrected chi connectivity index (χ4v) is 11.8. The Kier molecular flexibility index (Phi) is 42.9. The number of carboxylic acid groups (broad SMARTS) is 2. The van der Waals surface area contributed by atoms with E-state index in [-0.39, 0.29) is 199 Å². The molecule has 105 heavy (non-hydrogen) atoms. The number of ether oxygens (including phenoxy) is 1. The maximum Gasteiger partial charge on any atom is 2.00 e. The second kappa shape index (κ2) is 47.0. The van der Waals surface area contributed by atoms with E-state index in [4.69, 9.17) is 24.8 Å². The van der Waals surface area contributed by atoms with Gasteiger partial charge in [-0.05, 0) is 124 Å². The average Bonchev–Trinajstić information content (AvgIpc) is 1.75. The minimum atomic E-state index is -1.36. The molecular formula is C80H86Ca2Cl2F3N3NaO14+. The number of carboxylic acids is 2. The summed E-state index contributed by atoms with van der Waals surface area (Å²) < 4.78 is 45.6. The van der Waals surface area contributed by atoms with E-state index in [1.165, 1.54) is 36.4 Å². The quantitative estimate of drug-likeness (QED) is 0.0314. The van der Waals surface area contributed by atoms with Crippen LogP contribution in [0.3, 0.4) is 0 Å². The smallest absolute Gasteiger partial charge is 1.00 e. The number of aliphatic hydroxyl groups excluding tert-OH is 7. The third-order valence-corrected chi connectivity index (χ3v) is 16.7. The Hall–Kier alpha value is -5.25. The van der Waals surface area contributed by atoms with Gasteiger partial charge in [0.05, 0.1) is 83.3 Å². The number of carbonyl (C=O) groups excluding carboxylic acids is 3. The van der Waals surface area contributed by atoms with Crippen LogP contribution in [0.5, 0.6) is 0 Å². The molecule has 0 unspecified atom stereocenters. The number of aliphatic hydroxyl groups is 7. The summed E-state index contributed by atoms with van der Waals surface area (Å²) in [6, 6.07) is 42.4. The number of pyridine rings is 3. The predicted octanol–water partition coefficient (Wildman–Crippen LogP) is 1.42. The van der Waals surface area contributed by atoms with Crippen LogP contribution >= 0.6 is 0 Å². The summed E-state index contributed by atoms with van der Waals surface area (Å²) in [5, 5.41) is 92.5. The van der Waals surface area contributed by atoms with Crippen LogP contribution in [-0.2, 0) is 19.1 Å². The van der Waals surface area contributed by atoms with Crippen LogP contribution in [0.1, 0.15) is 150 Å². The second-order valence-electron chi connectivity index (χ2n) is 24.7. The first-order chi connectivity index (χ1) is 47.2. The number of para-hydroxylation sites is 3. The molecule has 0 amide bonds. The molecule has 17 nitrogen and oxygen atoms in total. The molecule has 9 aromatic rings. The van der Waals surface area contributed by atoms with Gasteiger partial charge in [-0.15, -0.1) is 0 Å². The number of aromatic nitrogens is 3. The Labute approximate surface area is 704 Å². The summed E-state index contributed by atoms with van der Waals surface area (Å²) in [5.41, 5.74) is 13.3. The maximum absolute atomic E-state index is 13.6. The minimum Gasteiger partial charge on any atom is -1.00 e. The Bertz CT molecular complexity index is 4150. The van der Waals surface area contributed by atoms with Gasteiger partial charge >= 0.3 is 111 Å². The maximum atomic E-state index is 13.6. The van der Waals surface area contributed by atoms with Gasteiger partial charge in [0.1, 0.15) is 17.5 Å². The number of carbonyl (C=O) groups is 3. The standard InChI is InChI=1S/C27H28FNO4.2C25H24FNO4.C2H6O.CH4.2Ca.2ClH.Na.H2O/c1-2-33-25(32)16-21(31)15-20(30)13-14-23-26(17-9-11-19(28)12-10-17)22-5-3-4-6-24(22)29-27(23)18-7-8-18;2*26-17-9-7-15(8-10-17)24-20-3-1-2-4-22(20)27-25(16-5-6-16)21(24)12-11-18(28)13-19(29)14-23(30)31;1-2-3;;;;;;;/h3-6,9-14,18,20-21,30-31H,2,7-8,15-16H2,1H3;2*1-4,7-12,16,18-19,28-29H,5-6,13-14H2,(H,30,31);3H,2H2,1H3;1H4;;;2*1H;;1H2/q;;;;;2*+2;;;+1;/p-4/b14-13+;2*12-11+;;;;;;;;/t20-,21-;2*18-,19-;;;;;;;;/m111......../s1. The van der Waals surface area contributed by atoms with Gasteiger partial charge < -0.3 is 90.6 Å². The van der Waals surface area contributed by atoms with Crippen LogP contribution in [0.15, 0.2) is 164 Å². The summed E-state index contributed by atoms with van der Waals surface area (Å²) in [5.74, 6) is -3.17. The molecule has 3 heterocycles. The van der Waals surface area contributed by atoms with E-state index in [1.807, 2.05) is 78.9 Å². The number of aliphatic carboxylic acids is 2. The Morgan fingerprint density at radius 1 is 0.467 bits per heavy atom. The van der Waals surface area contributed by atoms with Crippen molar-refractivity contribution in [2.75, 3.05) is 13.2 Å². The van der Waals surface area contributed by atoms with Gasteiger partial charge in [0.2, 0.25) is 0 Å². The zero-order chi connectivity index (χ0) is 70.0. The third-order valence-electron chi connectivity index (χ3n) is 16.7. The van der Waals surface area contributed by atoms with E-state index >= 15 is 0 Å². The number of halogens is 5. The first-order valence-corrected chi connectivity index (χ1v) is 33.1. The van der Waals surface area contributed by atoms with E-state index in [1.54, 1.807) is 80.6 Å². The number of hydrogen-bond acceptors (Lipinski definition) is 16. The van der Waals surface area contributed by atoms with Crippen LogP contribution < -0.4 is 64.6 Å². The topological polar surface area (TPSA) is 318 Å². The molecule has 3 fully saturated rings. The van der Waals surface area contributed by atoms with Crippen molar-refractivity contribution in [1.29, 1.82) is 0 Å². The van der Waals surface area contributed by atoms with Gasteiger partial charge in [-0.25, -0.2) is 13.2 Å². The molecule has 544 valence electrons. The number of fused-ring (bicyclic) bond motifs is 3. The summed E-state index contributed by atoms with van der Waals surface area (Å²) >= 11 is 0. The average molecular weight is 1540 g/mol. The molecule has 0 aliphatic heterocycles. The molecule has 0 spiro atoms. The van der Waals surface area contributed by atoms with Crippen molar-refractivity contribution in [3.63, 3.8) is 0 Å². The van der Waals surface area contributed by atoms with Crippen LogP contribution in [0.25, 0.3) is 84.3 Å². The van der Waals surface area contributed by atoms with Gasteiger partial charge in [0.15, 0.2) is 0 Å². The van der Waals surface area contributed by atoms with Crippen molar-refractivity contribution >= 4 is 144 Å². The summed E-state index contributed by atoms with van der Waals surface area (Å²) in [6.45, 7) is 3.88. The molecule has 12 rings (SSSR count). The third kappa shape index (κ3) is 28.3. The van der Waals surface area contributed by atoms with Crippen molar-refractivity contribution in [1.82, 2.24) is 15.0 Å². The van der Waals surface area contributed by atoms with Gasteiger partial charge in [-0.2, -0.15) is 0 Å². The number of nitrogens with zero attached hydrogens (tertiary/aromatic N) is 3. The monoisotopic (exact) mass is 1540 g/mol. The molecule has 9 N–H and O–H groups in total. The molecule has 6 aromatic carbocycles. The molecular weight excluding hydrogens is 1460 g/mol. The number of rotatable bonds is 25. The van der Waals surface area contributed by atoms with Gasteiger partial charge in [0.25, 0.3) is 0 Å². The summed E-state index contributed by atoms with van der Waals surface area (Å²) in [6.07, 6.45) is 8.49. The molecule has 3 aromatic heterocycles. The Balaban J connectivity index is 0.000000508. The number of benzene rings is 6. The van der Waals surface area contributed by atoms with E-state index in [2.05, 4.69) is 0 Å². The van der Waals surface area contributed by atoms with Gasteiger partial charge in [-0.3, -0.25) is 19.7 Å². The fraction of sp³-hybridized carbons (Fsp3) is 0.325. The predicted molar refractivity (Wildman–Crippen MR) is 389 cm³/mol. The van der Waals surface area contributed by atoms with Crippen LogP contribution in [0, 0.1) is 17.5 Å². The van der Waals surface area contributed by atoms with Crippen LogP contribution in [-0.4, -0.2) is 199 Å². The van der Waals surface area contributed by atoms with Crippen molar-refractivity contribution in [3.8, 4) is 33.4 Å². The summed E-state index contributed by atoms with van der Waals surface area (Å²) in [7, 11) is 0. The number of hydrogen-bond donors (Lipinski definition) is 7. The molecule has 3 aliphatic carbocycles.